The van der Waals surface area contributed by atoms with Gasteiger partial charge in [0.15, 0.2) is 0 Å². The first kappa shape index (κ1) is 12.0. The van der Waals surface area contributed by atoms with E-state index >= 15 is 0 Å². The number of benzene rings is 1. The van der Waals surface area contributed by atoms with Gasteiger partial charge in [0, 0.05) is 6.42 Å². The van der Waals surface area contributed by atoms with Gasteiger partial charge >= 0.3 is 0 Å². The van der Waals surface area contributed by atoms with E-state index in [1.807, 2.05) is 18.2 Å². The van der Waals surface area contributed by atoms with Gasteiger partial charge in [-0.05, 0) is 18.4 Å². The van der Waals surface area contributed by atoms with E-state index in [0.717, 1.165) is 12.8 Å². The van der Waals surface area contributed by atoms with Crippen molar-refractivity contribution in [1.82, 2.24) is 0 Å². The minimum absolute atomic E-state index is 0. The fraction of sp³-hybridized carbons (Fsp3) is 0.300. The Hall–Kier alpha value is -1.02. The van der Waals surface area contributed by atoms with Crippen molar-refractivity contribution in [3.05, 3.63) is 35.9 Å². The maximum atomic E-state index is 10.4. The smallest absolute Gasteiger partial charge is 0.217 e. The van der Waals surface area contributed by atoms with E-state index < -0.39 is 0 Å². The largest absolute Gasteiger partial charge is 0.370 e. The van der Waals surface area contributed by atoms with E-state index in [1.54, 1.807) is 0 Å². The molecular weight excluding hydrogens is 186 g/mol. The van der Waals surface area contributed by atoms with Gasteiger partial charge in [0.2, 0.25) is 5.91 Å². The predicted molar refractivity (Wildman–Crippen MR) is 55.8 cm³/mol. The van der Waals surface area contributed by atoms with Crippen molar-refractivity contribution < 1.29 is 4.79 Å². The Kier molecular flexibility index (Phi) is 5.98. The number of amides is 1. The molecule has 0 saturated heterocycles. The SMILES string of the molecule is Cl.NC(=O)CCCc1ccccc1. The van der Waals surface area contributed by atoms with E-state index in [-0.39, 0.29) is 18.3 Å². The Morgan fingerprint density at radius 1 is 1.23 bits per heavy atom. The van der Waals surface area contributed by atoms with Crippen molar-refractivity contribution in [1.29, 1.82) is 0 Å². The summed E-state index contributed by atoms with van der Waals surface area (Å²) in [7, 11) is 0. The zero-order valence-corrected chi connectivity index (χ0v) is 8.22. The van der Waals surface area contributed by atoms with Crippen molar-refractivity contribution in [2.45, 2.75) is 19.3 Å². The molecule has 2 nitrogen and oxygen atoms in total. The van der Waals surface area contributed by atoms with Gasteiger partial charge in [-0.3, -0.25) is 4.79 Å². The molecular formula is C10H14ClNO. The van der Waals surface area contributed by atoms with Gasteiger partial charge in [0.1, 0.15) is 0 Å². The highest BCUT2D eigenvalue weighted by molar-refractivity contribution is 5.85. The third-order valence-corrected chi connectivity index (χ3v) is 1.73. The molecule has 3 heteroatoms. The van der Waals surface area contributed by atoms with Crippen molar-refractivity contribution in [3.63, 3.8) is 0 Å². The molecule has 1 rings (SSSR count). The van der Waals surface area contributed by atoms with Crippen LogP contribution in [-0.2, 0) is 11.2 Å². The van der Waals surface area contributed by atoms with Crippen molar-refractivity contribution in [3.8, 4) is 0 Å². The van der Waals surface area contributed by atoms with Gasteiger partial charge in [-0.15, -0.1) is 12.4 Å². The van der Waals surface area contributed by atoms with Crippen LogP contribution in [-0.4, -0.2) is 5.91 Å². The fourth-order valence-electron chi connectivity index (χ4n) is 1.11. The molecule has 0 aliphatic carbocycles. The summed E-state index contributed by atoms with van der Waals surface area (Å²) in [6, 6.07) is 10.1. The summed E-state index contributed by atoms with van der Waals surface area (Å²) >= 11 is 0. The van der Waals surface area contributed by atoms with E-state index in [4.69, 9.17) is 5.73 Å². The number of nitrogens with two attached hydrogens (primary N) is 1. The van der Waals surface area contributed by atoms with Crippen LogP contribution in [0.2, 0.25) is 0 Å². The molecule has 0 aliphatic heterocycles. The maximum absolute atomic E-state index is 10.4. The molecule has 0 radical (unpaired) electrons. The lowest BCUT2D eigenvalue weighted by molar-refractivity contribution is -0.118. The molecule has 0 unspecified atom stereocenters. The van der Waals surface area contributed by atoms with Crippen LogP contribution in [0.25, 0.3) is 0 Å². The Balaban J connectivity index is 0.00000144. The first-order chi connectivity index (χ1) is 5.79. The number of rotatable bonds is 4. The molecule has 0 saturated carbocycles. The summed E-state index contributed by atoms with van der Waals surface area (Å²) in [5.74, 6) is -0.217. The summed E-state index contributed by atoms with van der Waals surface area (Å²) in [5.41, 5.74) is 6.28. The normalized spacial score (nSPS) is 8.92. The quantitative estimate of drug-likeness (QED) is 0.791. The van der Waals surface area contributed by atoms with Gasteiger partial charge in [0.25, 0.3) is 0 Å². The standard InChI is InChI=1S/C10H13NO.ClH/c11-10(12)8-4-7-9-5-2-1-3-6-9;/h1-3,5-6H,4,7-8H2,(H2,11,12);1H. The topological polar surface area (TPSA) is 43.1 Å². The Bertz CT molecular complexity index is 248. The van der Waals surface area contributed by atoms with Gasteiger partial charge in [0.05, 0.1) is 0 Å². The number of hydrogen-bond donors (Lipinski definition) is 1. The van der Waals surface area contributed by atoms with Crippen LogP contribution in [0.4, 0.5) is 0 Å². The number of primary amides is 1. The van der Waals surface area contributed by atoms with E-state index in [0.29, 0.717) is 6.42 Å². The van der Waals surface area contributed by atoms with Crippen LogP contribution in [0.15, 0.2) is 30.3 Å². The number of hydrogen-bond acceptors (Lipinski definition) is 1. The van der Waals surface area contributed by atoms with Crippen molar-refractivity contribution in [2.24, 2.45) is 5.73 Å². The molecule has 0 aromatic heterocycles. The van der Waals surface area contributed by atoms with Crippen LogP contribution < -0.4 is 5.73 Å². The molecule has 0 heterocycles. The van der Waals surface area contributed by atoms with Gasteiger partial charge in [-0.2, -0.15) is 0 Å². The zero-order chi connectivity index (χ0) is 8.81. The first-order valence-electron chi connectivity index (χ1n) is 4.11. The lowest BCUT2D eigenvalue weighted by Gasteiger charge is -1.97. The zero-order valence-electron chi connectivity index (χ0n) is 7.40. The molecule has 1 amide bonds. The maximum Gasteiger partial charge on any atom is 0.217 e. The number of halogens is 1. The molecule has 0 fully saturated rings. The third kappa shape index (κ3) is 5.26. The monoisotopic (exact) mass is 199 g/mol. The molecule has 0 aliphatic rings. The van der Waals surface area contributed by atoms with Crippen LogP contribution in [0.1, 0.15) is 18.4 Å². The number of carbonyl (C=O) groups is 1. The average molecular weight is 200 g/mol. The van der Waals surface area contributed by atoms with Gasteiger partial charge in [-0.1, -0.05) is 30.3 Å². The average Bonchev–Trinajstić information content (AvgIpc) is 2.05. The molecule has 0 spiro atoms. The van der Waals surface area contributed by atoms with Gasteiger partial charge < -0.3 is 5.73 Å². The Morgan fingerprint density at radius 3 is 2.38 bits per heavy atom. The van der Waals surface area contributed by atoms with Crippen LogP contribution in [0.3, 0.4) is 0 Å². The van der Waals surface area contributed by atoms with Crippen LogP contribution >= 0.6 is 12.4 Å². The second-order valence-electron chi connectivity index (χ2n) is 2.81. The number of aryl methyl sites for hydroxylation is 1. The summed E-state index contributed by atoms with van der Waals surface area (Å²) in [5, 5.41) is 0. The highest BCUT2D eigenvalue weighted by Crippen LogP contribution is 2.03. The molecule has 72 valence electrons. The lowest BCUT2D eigenvalue weighted by Crippen LogP contribution is -2.10. The lowest BCUT2D eigenvalue weighted by atomic mass is 10.1. The summed E-state index contributed by atoms with van der Waals surface area (Å²) in [6.45, 7) is 0. The summed E-state index contributed by atoms with van der Waals surface area (Å²) < 4.78 is 0. The molecule has 2 N–H and O–H groups in total. The van der Waals surface area contributed by atoms with Crippen molar-refractivity contribution >= 4 is 18.3 Å². The predicted octanol–water partition coefficient (Wildman–Crippen LogP) is 1.92. The minimum Gasteiger partial charge on any atom is -0.370 e. The highest BCUT2D eigenvalue weighted by atomic mass is 35.5. The summed E-state index contributed by atoms with van der Waals surface area (Å²) in [6.07, 6.45) is 2.26. The first-order valence-corrected chi connectivity index (χ1v) is 4.11. The minimum atomic E-state index is -0.217. The second-order valence-corrected chi connectivity index (χ2v) is 2.81. The molecule has 1 aromatic rings. The second kappa shape index (κ2) is 6.49. The van der Waals surface area contributed by atoms with Crippen LogP contribution in [0.5, 0.6) is 0 Å². The van der Waals surface area contributed by atoms with Crippen molar-refractivity contribution in [2.75, 3.05) is 0 Å². The van der Waals surface area contributed by atoms with E-state index in [9.17, 15) is 4.79 Å². The van der Waals surface area contributed by atoms with Gasteiger partial charge in [-0.25, -0.2) is 0 Å². The van der Waals surface area contributed by atoms with E-state index in [1.165, 1.54) is 5.56 Å². The molecule has 1 aromatic carbocycles. The van der Waals surface area contributed by atoms with Crippen LogP contribution in [0, 0.1) is 0 Å². The molecule has 0 bridgehead atoms. The molecule has 0 atom stereocenters. The third-order valence-electron chi connectivity index (χ3n) is 1.73. The Morgan fingerprint density at radius 2 is 1.85 bits per heavy atom. The Labute approximate surface area is 84.5 Å². The fourth-order valence-corrected chi connectivity index (χ4v) is 1.11. The van der Waals surface area contributed by atoms with E-state index in [2.05, 4.69) is 12.1 Å². The number of carbonyl (C=O) groups excluding carboxylic acids is 1. The summed E-state index contributed by atoms with van der Waals surface area (Å²) in [4.78, 5) is 10.4. The molecule has 13 heavy (non-hydrogen) atoms. The highest BCUT2D eigenvalue weighted by Gasteiger charge is 1.95.